The summed E-state index contributed by atoms with van der Waals surface area (Å²) < 4.78 is 0. The molecule has 0 aliphatic rings. The second-order valence-electron chi connectivity index (χ2n) is 3.59. The quantitative estimate of drug-likeness (QED) is 0.702. The monoisotopic (exact) mass is 179 g/mol. The zero-order chi connectivity index (χ0) is 10.0. The summed E-state index contributed by atoms with van der Waals surface area (Å²) in [5.41, 5.74) is 4.83. The molecule has 0 unspecified atom stereocenters. The number of anilines is 1. The molecule has 0 bridgehead atoms. The van der Waals surface area contributed by atoms with Crippen LogP contribution in [0.5, 0.6) is 0 Å². The molecule has 13 heavy (non-hydrogen) atoms. The minimum atomic E-state index is 0.0603. The standard InChI is InChI=1S/C11H17NO/c1-8-5-9(2)11(10(3)6-8)12(4)7-13/h5-6,13H,7H2,1-4H3. The Bertz CT molecular complexity index is 284. The summed E-state index contributed by atoms with van der Waals surface area (Å²) in [5, 5.41) is 9.03. The molecule has 1 aromatic rings. The van der Waals surface area contributed by atoms with Crippen molar-refractivity contribution in [2.75, 3.05) is 18.7 Å². The number of aliphatic hydroxyl groups is 1. The van der Waals surface area contributed by atoms with Gasteiger partial charge in [0.25, 0.3) is 0 Å². The predicted molar refractivity (Wildman–Crippen MR) is 56.1 cm³/mol. The van der Waals surface area contributed by atoms with Crippen LogP contribution in [-0.2, 0) is 0 Å². The van der Waals surface area contributed by atoms with E-state index < -0.39 is 0 Å². The zero-order valence-electron chi connectivity index (χ0n) is 8.76. The van der Waals surface area contributed by atoms with Gasteiger partial charge in [0, 0.05) is 12.7 Å². The van der Waals surface area contributed by atoms with Crippen molar-refractivity contribution in [1.82, 2.24) is 0 Å². The SMILES string of the molecule is Cc1cc(C)c(N(C)CO)c(C)c1. The third-order valence-corrected chi connectivity index (χ3v) is 2.23. The van der Waals surface area contributed by atoms with Gasteiger partial charge in [0.1, 0.15) is 6.73 Å². The molecule has 1 aromatic carbocycles. The highest BCUT2D eigenvalue weighted by molar-refractivity contribution is 5.59. The molecule has 0 fully saturated rings. The van der Waals surface area contributed by atoms with Crippen LogP contribution in [-0.4, -0.2) is 18.9 Å². The van der Waals surface area contributed by atoms with Crippen LogP contribution in [0.4, 0.5) is 5.69 Å². The smallest absolute Gasteiger partial charge is 0.115 e. The van der Waals surface area contributed by atoms with Gasteiger partial charge in [-0.3, -0.25) is 0 Å². The number of nitrogens with zero attached hydrogens (tertiary/aromatic N) is 1. The first kappa shape index (κ1) is 10.1. The van der Waals surface area contributed by atoms with Crippen molar-refractivity contribution in [3.05, 3.63) is 28.8 Å². The average molecular weight is 179 g/mol. The van der Waals surface area contributed by atoms with E-state index in [9.17, 15) is 0 Å². The Labute approximate surface area is 79.8 Å². The zero-order valence-corrected chi connectivity index (χ0v) is 8.76. The largest absolute Gasteiger partial charge is 0.376 e. The molecule has 0 aromatic heterocycles. The Hall–Kier alpha value is -1.02. The molecule has 0 amide bonds. The van der Waals surface area contributed by atoms with Crippen LogP contribution in [0.15, 0.2) is 12.1 Å². The van der Waals surface area contributed by atoms with Gasteiger partial charge < -0.3 is 10.0 Å². The van der Waals surface area contributed by atoms with Gasteiger partial charge >= 0.3 is 0 Å². The fraction of sp³-hybridized carbons (Fsp3) is 0.455. The summed E-state index contributed by atoms with van der Waals surface area (Å²) >= 11 is 0. The third-order valence-electron chi connectivity index (χ3n) is 2.23. The van der Waals surface area contributed by atoms with E-state index in [1.807, 2.05) is 11.9 Å². The molecule has 2 nitrogen and oxygen atoms in total. The number of benzene rings is 1. The van der Waals surface area contributed by atoms with E-state index in [4.69, 9.17) is 5.11 Å². The van der Waals surface area contributed by atoms with Crippen molar-refractivity contribution in [2.24, 2.45) is 0 Å². The van der Waals surface area contributed by atoms with Crippen molar-refractivity contribution in [3.8, 4) is 0 Å². The molecule has 1 N–H and O–H groups in total. The molecule has 2 heteroatoms. The highest BCUT2D eigenvalue weighted by Gasteiger charge is 2.06. The Morgan fingerprint density at radius 1 is 1.15 bits per heavy atom. The van der Waals surface area contributed by atoms with E-state index in [0.717, 1.165) is 5.69 Å². The van der Waals surface area contributed by atoms with Gasteiger partial charge in [-0.15, -0.1) is 0 Å². The minimum absolute atomic E-state index is 0.0603. The van der Waals surface area contributed by atoms with E-state index in [1.54, 1.807) is 0 Å². The molecule has 1 rings (SSSR count). The van der Waals surface area contributed by atoms with Gasteiger partial charge in [-0.2, -0.15) is 0 Å². The second kappa shape index (κ2) is 3.79. The van der Waals surface area contributed by atoms with E-state index in [1.165, 1.54) is 16.7 Å². The fourth-order valence-electron chi connectivity index (χ4n) is 1.85. The number of hydrogen-bond acceptors (Lipinski definition) is 2. The maximum Gasteiger partial charge on any atom is 0.115 e. The van der Waals surface area contributed by atoms with Crippen LogP contribution in [0.3, 0.4) is 0 Å². The van der Waals surface area contributed by atoms with Gasteiger partial charge in [0.15, 0.2) is 0 Å². The molecule has 0 atom stereocenters. The molecular formula is C11H17NO. The summed E-state index contributed by atoms with van der Waals surface area (Å²) in [7, 11) is 1.89. The molecular weight excluding hydrogens is 162 g/mol. The van der Waals surface area contributed by atoms with Crippen LogP contribution >= 0.6 is 0 Å². The van der Waals surface area contributed by atoms with Crippen LogP contribution in [0.25, 0.3) is 0 Å². The average Bonchev–Trinajstić information content (AvgIpc) is 2.02. The summed E-state index contributed by atoms with van der Waals surface area (Å²) in [6, 6.07) is 4.27. The lowest BCUT2D eigenvalue weighted by Crippen LogP contribution is -2.19. The maximum atomic E-state index is 9.03. The van der Waals surface area contributed by atoms with Crippen LogP contribution in [0.1, 0.15) is 16.7 Å². The Balaban J connectivity index is 3.20. The first-order valence-electron chi connectivity index (χ1n) is 4.46. The molecule has 0 radical (unpaired) electrons. The van der Waals surface area contributed by atoms with Gasteiger partial charge in [0.05, 0.1) is 0 Å². The lowest BCUT2D eigenvalue weighted by molar-refractivity contribution is 0.298. The molecule has 0 spiro atoms. The number of aryl methyl sites for hydroxylation is 3. The summed E-state index contributed by atoms with van der Waals surface area (Å²) in [6.45, 7) is 6.29. The van der Waals surface area contributed by atoms with Crippen molar-refractivity contribution in [1.29, 1.82) is 0 Å². The third kappa shape index (κ3) is 2.01. The Morgan fingerprint density at radius 3 is 2.00 bits per heavy atom. The lowest BCUT2D eigenvalue weighted by atomic mass is 10.0. The molecule has 0 aliphatic heterocycles. The molecule has 0 saturated carbocycles. The van der Waals surface area contributed by atoms with E-state index in [0.29, 0.717) is 0 Å². The Morgan fingerprint density at radius 2 is 1.62 bits per heavy atom. The maximum absolute atomic E-state index is 9.03. The minimum Gasteiger partial charge on any atom is -0.376 e. The highest BCUT2D eigenvalue weighted by Crippen LogP contribution is 2.24. The van der Waals surface area contributed by atoms with Crippen LogP contribution in [0.2, 0.25) is 0 Å². The topological polar surface area (TPSA) is 23.5 Å². The van der Waals surface area contributed by atoms with Crippen molar-refractivity contribution in [3.63, 3.8) is 0 Å². The van der Waals surface area contributed by atoms with Gasteiger partial charge in [-0.25, -0.2) is 0 Å². The van der Waals surface area contributed by atoms with Crippen molar-refractivity contribution < 1.29 is 5.11 Å². The van der Waals surface area contributed by atoms with Crippen LogP contribution in [0, 0.1) is 20.8 Å². The van der Waals surface area contributed by atoms with E-state index in [2.05, 4.69) is 32.9 Å². The fourth-order valence-corrected chi connectivity index (χ4v) is 1.85. The summed E-state index contributed by atoms with van der Waals surface area (Å²) in [6.07, 6.45) is 0. The van der Waals surface area contributed by atoms with Crippen LogP contribution < -0.4 is 4.90 Å². The predicted octanol–water partition coefficient (Wildman–Crippen LogP) is 2.00. The van der Waals surface area contributed by atoms with Crippen molar-refractivity contribution in [2.45, 2.75) is 20.8 Å². The molecule has 0 heterocycles. The molecule has 0 saturated heterocycles. The molecule has 72 valence electrons. The highest BCUT2D eigenvalue weighted by atomic mass is 16.3. The number of hydrogen-bond donors (Lipinski definition) is 1. The lowest BCUT2D eigenvalue weighted by Gasteiger charge is -2.21. The first-order valence-corrected chi connectivity index (χ1v) is 4.46. The van der Waals surface area contributed by atoms with Gasteiger partial charge in [0.2, 0.25) is 0 Å². The first-order chi connectivity index (χ1) is 6.06. The van der Waals surface area contributed by atoms with Gasteiger partial charge in [-0.1, -0.05) is 17.7 Å². The van der Waals surface area contributed by atoms with E-state index >= 15 is 0 Å². The summed E-state index contributed by atoms with van der Waals surface area (Å²) in [4.78, 5) is 1.85. The Kier molecular flexibility index (Phi) is 2.94. The second-order valence-corrected chi connectivity index (χ2v) is 3.59. The van der Waals surface area contributed by atoms with Gasteiger partial charge in [-0.05, 0) is 31.9 Å². The van der Waals surface area contributed by atoms with Crippen molar-refractivity contribution >= 4 is 5.69 Å². The normalized spacial score (nSPS) is 10.2. The van der Waals surface area contributed by atoms with E-state index in [-0.39, 0.29) is 6.73 Å². The number of rotatable bonds is 2. The number of aliphatic hydroxyl groups excluding tert-OH is 1. The molecule has 0 aliphatic carbocycles. The summed E-state index contributed by atoms with van der Waals surface area (Å²) in [5.74, 6) is 0.